The maximum atomic E-state index is 5.70. The Balaban J connectivity index is 2.93. The van der Waals surface area contributed by atoms with E-state index in [1.807, 2.05) is 6.07 Å². The van der Waals surface area contributed by atoms with Crippen LogP contribution in [0.5, 0.6) is 0 Å². The van der Waals surface area contributed by atoms with Gasteiger partial charge >= 0.3 is 0 Å². The topological polar surface area (TPSA) is 26.0 Å². The summed E-state index contributed by atoms with van der Waals surface area (Å²) in [6.45, 7) is 7.44. The molecule has 0 aliphatic heterocycles. The molecule has 1 rings (SSSR count). The van der Waals surface area contributed by atoms with Crippen molar-refractivity contribution in [2.75, 3.05) is 6.54 Å². The van der Waals surface area contributed by atoms with Crippen molar-refractivity contribution in [3.63, 3.8) is 0 Å². The molecule has 0 amide bonds. The van der Waals surface area contributed by atoms with Crippen molar-refractivity contribution in [2.45, 2.75) is 26.2 Å². The summed E-state index contributed by atoms with van der Waals surface area (Å²) < 4.78 is 0. The molecule has 72 valence electrons. The lowest BCUT2D eigenvalue weighted by atomic mass is 9.74. The molecule has 1 aromatic carbocycles. The lowest BCUT2D eigenvalue weighted by Gasteiger charge is -2.31. The van der Waals surface area contributed by atoms with Crippen LogP contribution in [0.2, 0.25) is 0 Å². The van der Waals surface area contributed by atoms with Crippen molar-refractivity contribution >= 4 is 0 Å². The van der Waals surface area contributed by atoms with Gasteiger partial charge in [0.05, 0.1) is 0 Å². The summed E-state index contributed by atoms with van der Waals surface area (Å²) in [5, 5.41) is 0. The Kier molecular flexibility index (Phi) is 3.10. The maximum absolute atomic E-state index is 5.70. The average Bonchev–Trinajstić information content (AvgIpc) is 2.18. The number of hydrogen-bond acceptors (Lipinski definition) is 1. The van der Waals surface area contributed by atoms with Gasteiger partial charge in [-0.15, -0.1) is 0 Å². The Morgan fingerprint density at radius 1 is 1.23 bits per heavy atom. The smallest absolute Gasteiger partial charge is 0.00432 e. The van der Waals surface area contributed by atoms with Crippen LogP contribution in [0.15, 0.2) is 30.3 Å². The highest BCUT2D eigenvalue weighted by atomic mass is 14.6. The highest BCUT2D eigenvalue weighted by Gasteiger charge is 2.26. The Hall–Kier alpha value is -0.820. The zero-order chi connectivity index (χ0) is 9.90. The third-order valence-electron chi connectivity index (χ3n) is 3.10. The van der Waals surface area contributed by atoms with Gasteiger partial charge in [0.2, 0.25) is 0 Å². The summed E-state index contributed by atoms with van der Waals surface area (Å²) in [4.78, 5) is 0. The summed E-state index contributed by atoms with van der Waals surface area (Å²) in [5.41, 5.74) is 7.24. The predicted molar refractivity (Wildman–Crippen MR) is 57.7 cm³/mol. The van der Waals surface area contributed by atoms with E-state index in [-0.39, 0.29) is 5.41 Å². The van der Waals surface area contributed by atoms with Crippen molar-refractivity contribution in [2.24, 2.45) is 11.7 Å². The van der Waals surface area contributed by atoms with Crippen LogP contribution in [0.4, 0.5) is 0 Å². The van der Waals surface area contributed by atoms with Gasteiger partial charge in [0.15, 0.2) is 0 Å². The molecule has 13 heavy (non-hydrogen) atoms. The lowest BCUT2D eigenvalue weighted by Crippen LogP contribution is -2.31. The molecular weight excluding hydrogens is 158 g/mol. The first kappa shape index (κ1) is 10.3. The third kappa shape index (κ3) is 2.10. The molecule has 0 radical (unpaired) electrons. The minimum absolute atomic E-state index is 0.177. The third-order valence-corrected chi connectivity index (χ3v) is 3.10. The summed E-state index contributed by atoms with van der Waals surface area (Å²) in [6.07, 6.45) is 0. The van der Waals surface area contributed by atoms with Crippen molar-refractivity contribution < 1.29 is 0 Å². The van der Waals surface area contributed by atoms with Crippen LogP contribution in [0.3, 0.4) is 0 Å². The van der Waals surface area contributed by atoms with Gasteiger partial charge in [-0.05, 0) is 23.4 Å². The normalized spacial score (nSPS) is 14.2. The van der Waals surface area contributed by atoms with Crippen molar-refractivity contribution in [1.82, 2.24) is 0 Å². The first-order valence-corrected chi connectivity index (χ1v) is 4.84. The second kappa shape index (κ2) is 3.93. The van der Waals surface area contributed by atoms with Crippen LogP contribution in [0.1, 0.15) is 26.3 Å². The highest BCUT2D eigenvalue weighted by Crippen LogP contribution is 2.30. The van der Waals surface area contributed by atoms with E-state index in [2.05, 4.69) is 45.0 Å². The monoisotopic (exact) mass is 177 g/mol. The van der Waals surface area contributed by atoms with Crippen LogP contribution in [0.25, 0.3) is 0 Å². The van der Waals surface area contributed by atoms with Crippen LogP contribution in [0, 0.1) is 5.92 Å². The van der Waals surface area contributed by atoms with Crippen LogP contribution in [-0.2, 0) is 5.41 Å². The predicted octanol–water partition coefficient (Wildman–Crippen LogP) is 2.56. The summed E-state index contributed by atoms with van der Waals surface area (Å²) >= 11 is 0. The molecule has 0 fully saturated rings. The van der Waals surface area contributed by atoms with Gasteiger partial charge in [-0.2, -0.15) is 0 Å². The molecule has 0 spiro atoms. The largest absolute Gasteiger partial charge is 0.330 e. The lowest BCUT2D eigenvalue weighted by molar-refractivity contribution is 0.352. The van der Waals surface area contributed by atoms with E-state index in [1.54, 1.807) is 0 Å². The fourth-order valence-corrected chi connectivity index (χ4v) is 1.45. The van der Waals surface area contributed by atoms with Gasteiger partial charge < -0.3 is 5.73 Å². The SMILES string of the molecule is CC(CN)C(C)(C)c1ccccc1. The molecule has 1 nitrogen and oxygen atoms in total. The number of hydrogen-bond donors (Lipinski definition) is 1. The van der Waals surface area contributed by atoms with E-state index in [0.29, 0.717) is 5.92 Å². The summed E-state index contributed by atoms with van der Waals surface area (Å²) in [5.74, 6) is 0.509. The van der Waals surface area contributed by atoms with Crippen molar-refractivity contribution in [3.05, 3.63) is 35.9 Å². The zero-order valence-electron chi connectivity index (χ0n) is 8.75. The molecule has 0 saturated carbocycles. The summed E-state index contributed by atoms with van der Waals surface area (Å²) in [6, 6.07) is 10.6. The van der Waals surface area contributed by atoms with Gasteiger partial charge in [-0.3, -0.25) is 0 Å². The van der Waals surface area contributed by atoms with Gasteiger partial charge in [-0.25, -0.2) is 0 Å². The standard InChI is InChI=1S/C12H19N/c1-10(9-13)12(2,3)11-7-5-4-6-8-11/h4-8,10H,9,13H2,1-3H3. The van der Waals surface area contributed by atoms with E-state index in [4.69, 9.17) is 5.73 Å². The van der Waals surface area contributed by atoms with Crippen molar-refractivity contribution in [3.8, 4) is 0 Å². The average molecular weight is 177 g/mol. The molecule has 0 saturated heterocycles. The van der Waals surface area contributed by atoms with Gasteiger partial charge in [-0.1, -0.05) is 51.1 Å². The minimum Gasteiger partial charge on any atom is -0.330 e. The Labute approximate surface area is 81.0 Å². The molecule has 2 N–H and O–H groups in total. The second-order valence-electron chi connectivity index (χ2n) is 4.22. The Morgan fingerprint density at radius 2 is 1.77 bits per heavy atom. The van der Waals surface area contributed by atoms with Crippen molar-refractivity contribution in [1.29, 1.82) is 0 Å². The molecule has 1 heteroatoms. The summed E-state index contributed by atoms with van der Waals surface area (Å²) in [7, 11) is 0. The van der Waals surface area contributed by atoms with E-state index < -0.39 is 0 Å². The fourth-order valence-electron chi connectivity index (χ4n) is 1.45. The molecular formula is C12H19N. The molecule has 1 aromatic rings. The van der Waals surface area contributed by atoms with E-state index in [1.165, 1.54) is 5.56 Å². The number of rotatable bonds is 3. The molecule has 0 aromatic heterocycles. The number of benzene rings is 1. The molecule has 0 aliphatic rings. The van der Waals surface area contributed by atoms with Crippen LogP contribution >= 0.6 is 0 Å². The molecule has 1 atom stereocenters. The molecule has 1 unspecified atom stereocenters. The van der Waals surface area contributed by atoms with Crippen LogP contribution < -0.4 is 5.73 Å². The van der Waals surface area contributed by atoms with E-state index >= 15 is 0 Å². The number of nitrogens with two attached hydrogens (primary N) is 1. The Morgan fingerprint density at radius 3 is 2.23 bits per heavy atom. The van der Waals surface area contributed by atoms with Gasteiger partial charge in [0, 0.05) is 0 Å². The quantitative estimate of drug-likeness (QED) is 0.754. The first-order valence-electron chi connectivity index (χ1n) is 4.84. The Bertz CT molecular complexity index is 251. The van der Waals surface area contributed by atoms with Crippen LogP contribution in [-0.4, -0.2) is 6.54 Å². The van der Waals surface area contributed by atoms with Gasteiger partial charge in [0.1, 0.15) is 0 Å². The zero-order valence-corrected chi connectivity index (χ0v) is 8.75. The van der Waals surface area contributed by atoms with Gasteiger partial charge in [0.25, 0.3) is 0 Å². The minimum atomic E-state index is 0.177. The molecule has 0 bridgehead atoms. The molecule has 0 heterocycles. The first-order chi connectivity index (χ1) is 6.09. The maximum Gasteiger partial charge on any atom is -0.00432 e. The molecule has 0 aliphatic carbocycles. The van der Waals surface area contributed by atoms with E-state index in [9.17, 15) is 0 Å². The highest BCUT2D eigenvalue weighted by molar-refractivity contribution is 5.24. The fraction of sp³-hybridized carbons (Fsp3) is 0.500. The second-order valence-corrected chi connectivity index (χ2v) is 4.22. The van der Waals surface area contributed by atoms with E-state index in [0.717, 1.165) is 6.54 Å².